The van der Waals surface area contributed by atoms with Gasteiger partial charge in [0.15, 0.2) is 11.5 Å². The van der Waals surface area contributed by atoms with Crippen molar-refractivity contribution in [2.24, 2.45) is 0 Å². The first-order valence-corrected chi connectivity index (χ1v) is 19.2. The Kier molecular flexibility index (Phi) is 11.5. The van der Waals surface area contributed by atoms with Crippen molar-refractivity contribution in [1.29, 1.82) is 5.26 Å². The number of ether oxygens (including phenoxy) is 2. The predicted molar refractivity (Wildman–Crippen MR) is 208 cm³/mol. The van der Waals surface area contributed by atoms with E-state index in [4.69, 9.17) is 30.5 Å². The number of nitriles is 1. The summed E-state index contributed by atoms with van der Waals surface area (Å²) in [4.78, 5) is 25.7. The zero-order chi connectivity index (χ0) is 37.8. The highest BCUT2D eigenvalue weighted by Crippen LogP contribution is 2.37. The van der Waals surface area contributed by atoms with Gasteiger partial charge < -0.3 is 23.9 Å². The molecule has 0 spiro atoms. The normalized spacial score (nSPS) is 17.1. The minimum absolute atomic E-state index is 0.162. The Labute approximate surface area is 321 Å². The molecule has 1 unspecified atom stereocenters. The number of carboxylic acid groups (broad SMARTS) is 1. The predicted octanol–water partition coefficient (Wildman–Crippen LogP) is 8.91. The Bertz CT molecular complexity index is 2170. The number of pyridine rings is 1. The standard InChI is InChI=1S/C43H46ClN5O5/c1-27(2)48-15-12-31(13-16-48)42-47-37-19-32(10-11-39(37)54-42)35-8-6-7-33(28(35)3)26-53-41-20-40(52-25-30-17-29(21-45)22-46-23-30)34(18-36(41)44)24-49-14-5-4-9-38(49)43(50)51/h6-8,10-11,17-20,22-23,27,31,38H,4-5,9,12-16,24-26H2,1-3H3,(H,50,51). The number of fused-ring (bicyclic) bond motifs is 1. The Morgan fingerprint density at radius 3 is 2.59 bits per heavy atom. The maximum absolute atomic E-state index is 12.1. The molecular weight excluding hydrogens is 702 g/mol. The molecule has 2 aliphatic rings. The average Bonchev–Trinajstić information content (AvgIpc) is 3.61. The summed E-state index contributed by atoms with van der Waals surface area (Å²) in [6, 6.07) is 19.8. The van der Waals surface area contributed by atoms with Gasteiger partial charge in [0, 0.05) is 48.1 Å². The molecule has 0 amide bonds. The van der Waals surface area contributed by atoms with Crippen LogP contribution >= 0.6 is 11.6 Å². The van der Waals surface area contributed by atoms with Crippen molar-refractivity contribution in [3.05, 3.63) is 106 Å². The van der Waals surface area contributed by atoms with Gasteiger partial charge in [-0.3, -0.25) is 14.7 Å². The number of carbonyl (C=O) groups is 1. The molecule has 1 atom stereocenters. The van der Waals surface area contributed by atoms with E-state index in [9.17, 15) is 15.2 Å². The number of rotatable bonds is 12. The van der Waals surface area contributed by atoms with E-state index in [1.165, 1.54) is 6.20 Å². The van der Waals surface area contributed by atoms with E-state index in [1.54, 1.807) is 18.3 Å². The van der Waals surface area contributed by atoms with Crippen molar-refractivity contribution >= 4 is 28.7 Å². The molecule has 2 aromatic heterocycles. The molecule has 7 rings (SSSR count). The minimum atomic E-state index is -0.830. The third kappa shape index (κ3) is 8.39. The summed E-state index contributed by atoms with van der Waals surface area (Å²) < 4.78 is 19.0. The lowest BCUT2D eigenvalue weighted by Crippen LogP contribution is -2.44. The van der Waals surface area contributed by atoms with Crippen molar-refractivity contribution in [2.75, 3.05) is 19.6 Å². The summed E-state index contributed by atoms with van der Waals surface area (Å²) in [6.45, 7) is 10.2. The fourth-order valence-electron chi connectivity index (χ4n) is 7.67. The number of benzene rings is 3. The smallest absolute Gasteiger partial charge is 0.320 e. The van der Waals surface area contributed by atoms with Crippen LogP contribution in [0, 0.1) is 18.3 Å². The first-order chi connectivity index (χ1) is 26.2. The van der Waals surface area contributed by atoms with Crippen LogP contribution in [0.5, 0.6) is 11.5 Å². The number of piperidine rings is 2. The van der Waals surface area contributed by atoms with Crippen molar-refractivity contribution < 1.29 is 23.8 Å². The van der Waals surface area contributed by atoms with Crippen LogP contribution in [0.1, 0.15) is 85.6 Å². The van der Waals surface area contributed by atoms with Gasteiger partial charge in [0.2, 0.25) is 0 Å². The van der Waals surface area contributed by atoms with Crippen molar-refractivity contribution in [1.82, 2.24) is 19.8 Å². The molecule has 2 aliphatic heterocycles. The zero-order valence-corrected chi connectivity index (χ0v) is 31.8. The highest BCUT2D eigenvalue weighted by Gasteiger charge is 2.30. The number of likely N-dealkylation sites (tertiary alicyclic amines) is 2. The lowest BCUT2D eigenvalue weighted by atomic mass is 9.96. The van der Waals surface area contributed by atoms with Gasteiger partial charge in [-0.15, -0.1) is 0 Å². The monoisotopic (exact) mass is 747 g/mol. The van der Waals surface area contributed by atoms with Crippen molar-refractivity contribution in [2.45, 2.75) is 90.6 Å². The number of nitrogens with zero attached hydrogens (tertiary/aromatic N) is 5. The van der Waals surface area contributed by atoms with Gasteiger partial charge in [0.1, 0.15) is 42.3 Å². The number of aromatic nitrogens is 2. The van der Waals surface area contributed by atoms with Crippen LogP contribution in [0.15, 0.2) is 71.4 Å². The molecule has 4 heterocycles. The molecular formula is C43H46ClN5O5. The maximum atomic E-state index is 12.1. The molecule has 3 aromatic carbocycles. The molecule has 0 saturated carbocycles. The molecule has 2 saturated heterocycles. The molecule has 0 aliphatic carbocycles. The molecule has 0 bridgehead atoms. The number of hydrogen-bond acceptors (Lipinski definition) is 9. The van der Waals surface area contributed by atoms with E-state index < -0.39 is 12.0 Å². The van der Waals surface area contributed by atoms with Crippen LogP contribution in [0.3, 0.4) is 0 Å². The maximum Gasteiger partial charge on any atom is 0.320 e. The average molecular weight is 748 g/mol. The van der Waals surface area contributed by atoms with E-state index in [0.29, 0.717) is 53.6 Å². The molecule has 54 heavy (non-hydrogen) atoms. The Morgan fingerprint density at radius 2 is 1.81 bits per heavy atom. The van der Waals surface area contributed by atoms with Gasteiger partial charge in [-0.05, 0) is 113 Å². The van der Waals surface area contributed by atoms with Gasteiger partial charge in [0.05, 0.1) is 10.6 Å². The Balaban J connectivity index is 1.10. The minimum Gasteiger partial charge on any atom is -0.488 e. The van der Waals surface area contributed by atoms with Gasteiger partial charge in [-0.25, -0.2) is 4.98 Å². The molecule has 10 nitrogen and oxygen atoms in total. The van der Waals surface area contributed by atoms with Gasteiger partial charge in [0.25, 0.3) is 0 Å². The van der Waals surface area contributed by atoms with E-state index in [2.05, 4.69) is 54.9 Å². The summed E-state index contributed by atoms with van der Waals surface area (Å²) in [6.07, 6.45) is 7.66. The van der Waals surface area contributed by atoms with Gasteiger partial charge in [-0.1, -0.05) is 42.3 Å². The molecule has 0 radical (unpaired) electrons. The topological polar surface area (TPSA) is 125 Å². The zero-order valence-electron chi connectivity index (χ0n) is 31.1. The Hall–Kier alpha value is -4.95. The number of oxazole rings is 1. The first kappa shape index (κ1) is 37.4. The van der Waals surface area contributed by atoms with Crippen LogP contribution in [0.25, 0.3) is 22.2 Å². The van der Waals surface area contributed by atoms with Gasteiger partial charge in [-0.2, -0.15) is 5.26 Å². The fourth-order valence-corrected chi connectivity index (χ4v) is 7.91. The molecule has 280 valence electrons. The van der Waals surface area contributed by atoms with E-state index in [0.717, 1.165) is 89.1 Å². The summed E-state index contributed by atoms with van der Waals surface area (Å²) >= 11 is 6.86. The summed E-state index contributed by atoms with van der Waals surface area (Å²) in [5, 5.41) is 19.7. The second kappa shape index (κ2) is 16.6. The van der Waals surface area contributed by atoms with E-state index in [1.807, 2.05) is 29.2 Å². The van der Waals surface area contributed by atoms with E-state index >= 15 is 0 Å². The van der Waals surface area contributed by atoms with Crippen LogP contribution < -0.4 is 9.47 Å². The van der Waals surface area contributed by atoms with Gasteiger partial charge >= 0.3 is 5.97 Å². The van der Waals surface area contributed by atoms with Crippen LogP contribution in [0.4, 0.5) is 0 Å². The summed E-state index contributed by atoms with van der Waals surface area (Å²) in [5.74, 6) is 1.32. The molecule has 11 heteroatoms. The SMILES string of the molecule is Cc1c(COc2cc(OCc3cncc(C#N)c3)c(CN3CCCCC3C(=O)O)cc2Cl)cccc1-c1ccc2oc(C3CCN(C(C)C)CC3)nc2c1. The highest BCUT2D eigenvalue weighted by atomic mass is 35.5. The quantitative estimate of drug-likeness (QED) is 0.132. The summed E-state index contributed by atoms with van der Waals surface area (Å²) in [7, 11) is 0. The third-order valence-electron chi connectivity index (χ3n) is 10.9. The molecule has 2 fully saturated rings. The largest absolute Gasteiger partial charge is 0.488 e. The summed E-state index contributed by atoms with van der Waals surface area (Å²) in [5.41, 5.74) is 7.83. The molecule has 5 aromatic rings. The van der Waals surface area contributed by atoms with Crippen LogP contribution in [0.2, 0.25) is 5.02 Å². The number of carboxylic acids is 1. The second-order valence-electron chi connectivity index (χ2n) is 14.7. The molecule has 1 N–H and O–H groups in total. The van der Waals surface area contributed by atoms with Crippen molar-refractivity contribution in [3.63, 3.8) is 0 Å². The van der Waals surface area contributed by atoms with Crippen LogP contribution in [-0.2, 0) is 24.6 Å². The van der Waals surface area contributed by atoms with E-state index in [-0.39, 0.29) is 13.2 Å². The lowest BCUT2D eigenvalue weighted by molar-refractivity contribution is -0.144. The first-order valence-electron chi connectivity index (χ1n) is 18.8. The second-order valence-corrected chi connectivity index (χ2v) is 15.1. The Morgan fingerprint density at radius 1 is 1.00 bits per heavy atom. The number of aliphatic carboxylic acids is 1. The third-order valence-corrected chi connectivity index (χ3v) is 11.2. The number of halogens is 1. The fraction of sp³-hybridized carbons (Fsp3) is 0.395. The van der Waals surface area contributed by atoms with Crippen molar-refractivity contribution in [3.8, 4) is 28.7 Å². The highest BCUT2D eigenvalue weighted by molar-refractivity contribution is 6.32. The lowest BCUT2D eigenvalue weighted by Gasteiger charge is -2.33. The number of hydrogen-bond donors (Lipinski definition) is 1. The van der Waals surface area contributed by atoms with Crippen LogP contribution in [-0.4, -0.2) is 62.6 Å².